The predicted molar refractivity (Wildman–Crippen MR) is 124 cm³/mol. The highest BCUT2D eigenvalue weighted by molar-refractivity contribution is 7.17. The Kier molecular flexibility index (Phi) is 7.06. The van der Waals surface area contributed by atoms with Crippen LogP contribution in [0.3, 0.4) is 0 Å². The van der Waals surface area contributed by atoms with Gasteiger partial charge in [-0.15, -0.1) is 11.3 Å². The number of ether oxygens (including phenoxy) is 1. The SMILES string of the molecule is COCCN(Cc1nc2scc(-c3ccccc3F)c2c(=O)[nH]1)C[C@@H](O)c1ccccc1. The lowest BCUT2D eigenvalue weighted by Crippen LogP contribution is -2.32. The molecule has 0 amide bonds. The van der Waals surface area contributed by atoms with Gasteiger partial charge in [0, 0.05) is 36.7 Å². The molecule has 0 radical (unpaired) electrons. The van der Waals surface area contributed by atoms with Gasteiger partial charge in [-0.3, -0.25) is 9.69 Å². The van der Waals surface area contributed by atoms with Gasteiger partial charge in [-0.05, 0) is 11.6 Å². The van der Waals surface area contributed by atoms with Crippen LogP contribution in [0.5, 0.6) is 0 Å². The van der Waals surface area contributed by atoms with Crippen LogP contribution < -0.4 is 5.56 Å². The summed E-state index contributed by atoms with van der Waals surface area (Å²) in [5, 5.41) is 12.8. The van der Waals surface area contributed by atoms with Crippen LogP contribution in [-0.4, -0.2) is 46.8 Å². The van der Waals surface area contributed by atoms with Crippen LogP contribution in [0.25, 0.3) is 21.3 Å². The average Bonchev–Trinajstić information content (AvgIpc) is 3.22. The summed E-state index contributed by atoms with van der Waals surface area (Å²) < 4.78 is 19.5. The van der Waals surface area contributed by atoms with E-state index in [4.69, 9.17) is 4.74 Å². The van der Waals surface area contributed by atoms with Crippen molar-refractivity contribution in [2.45, 2.75) is 12.6 Å². The minimum atomic E-state index is -0.682. The number of halogens is 1. The topological polar surface area (TPSA) is 78.5 Å². The number of nitrogens with zero attached hydrogens (tertiary/aromatic N) is 2. The molecule has 0 unspecified atom stereocenters. The number of aromatic nitrogens is 2. The molecule has 166 valence electrons. The molecule has 2 aromatic carbocycles. The number of thiophene rings is 1. The first-order valence-corrected chi connectivity index (χ1v) is 11.1. The van der Waals surface area contributed by atoms with E-state index in [-0.39, 0.29) is 11.4 Å². The van der Waals surface area contributed by atoms with E-state index >= 15 is 0 Å². The zero-order valence-electron chi connectivity index (χ0n) is 17.6. The minimum Gasteiger partial charge on any atom is -0.387 e. The van der Waals surface area contributed by atoms with Gasteiger partial charge in [0.25, 0.3) is 5.56 Å². The number of aromatic amines is 1. The summed E-state index contributed by atoms with van der Waals surface area (Å²) >= 11 is 1.31. The van der Waals surface area contributed by atoms with Crippen molar-refractivity contribution >= 4 is 21.6 Å². The number of aliphatic hydroxyl groups is 1. The first-order chi connectivity index (χ1) is 15.6. The predicted octanol–water partition coefficient (Wildman–Crippen LogP) is 3.97. The molecule has 0 saturated carbocycles. The molecule has 2 heterocycles. The first kappa shape index (κ1) is 22.3. The van der Waals surface area contributed by atoms with E-state index in [1.165, 1.54) is 17.4 Å². The number of nitrogens with one attached hydrogen (secondary N) is 1. The zero-order valence-corrected chi connectivity index (χ0v) is 18.4. The lowest BCUT2D eigenvalue weighted by molar-refractivity contribution is 0.0835. The van der Waals surface area contributed by atoms with E-state index in [0.29, 0.717) is 53.4 Å². The molecule has 0 aliphatic rings. The average molecular weight is 454 g/mol. The Morgan fingerprint density at radius 2 is 1.91 bits per heavy atom. The van der Waals surface area contributed by atoms with Crippen molar-refractivity contribution in [3.8, 4) is 11.1 Å². The van der Waals surface area contributed by atoms with Gasteiger partial charge in [-0.1, -0.05) is 48.5 Å². The number of rotatable bonds is 9. The van der Waals surface area contributed by atoms with Gasteiger partial charge in [0.15, 0.2) is 0 Å². The zero-order chi connectivity index (χ0) is 22.5. The van der Waals surface area contributed by atoms with E-state index in [0.717, 1.165) is 5.56 Å². The van der Waals surface area contributed by atoms with Crippen LogP contribution in [-0.2, 0) is 11.3 Å². The first-order valence-electron chi connectivity index (χ1n) is 10.3. The van der Waals surface area contributed by atoms with E-state index in [1.54, 1.807) is 30.7 Å². The molecule has 32 heavy (non-hydrogen) atoms. The van der Waals surface area contributed by atoms with Crippen molar-refractivity contribution in [2.24, 2.45) is 0 Å². The standard InChI is InChI=1S/C24H24FN3O3S/c1-31-12-11-28(13-20(29)16-7-3-2-4-8-16)14-21-26-23(30)22-18(15-32-24(22)27-21)17-9-5-6-10-19(17)25/h2-10,15,20,29H,11-14H2,1H3,(H,26,27,30)/t20-/m1/s1. The quantitative estimate of drug-likeness (QED) is 0.401. The third-order valence-electron chi connectivity index (χ3n) is 5.26. The van der Waals surface area contributed by atoms with Gasteiger partial charge in [0.2, 0.25) is 0 Å². The molecule has 1 atom stereocenters. The Labute approximate surface area is 188 Å². The summed E-state index contributed by atoms with van der Waals surface area (Å²) in [7, 11) is 1.62. The number of benzene rings is 2. The van der Waals surface area contributed by atoms with Crippen molar-refractivity contribution in [1.82, 2.24) is 14.9 Å². The largest absolute Gasteiger partial charge is 0.387 e. The number of hydrogen-bond acceptors (Lipinski definition) is 6. The summed E-state index contributed by atoms with van der Waals surface area (Å²) in [4.78, 5) is 22.9. The fourth-order valence-electron chi connectivity index (χ4n) is 3.64. The van der Waals surface area contributed by atoms with E-state index < -0.39 is 6.10 Å². The van der Waals surface area contributed by atoms with Gasteiger partial charge in [-0.2, -0.15) is 0 Å². The smallest absolute Gasteiger partial charge is 0.260 e. The second-order valence-corrected chi connectivity index (χ2v) is 8.33. The molecule has 0 aliphatic heterocycles. The molecule has 2 aromatic heterocycles. The Bertz CT molecular complexity index is 1240. The maximum absolute atomic E-state index is 14.3. The third kappa shape index (κ3) is 4.94. The molecular weight excluding hydrogens is 429 g/mol. The van der Waals surface area contributed by atoms with E-state index in [9.17, 15) is 14.3 Å². The van der Waals surface area contributed by atoms with Gasteiger partial charge in [-0.25, -0.2) is 9.37 Å². The van der Waals surface area contributed by atoms with Crippen LogP contribution in [0.15, 0.2) is 64.8 Å². The molecule has 0 saturated heterocycles. The maximum Gasteiger partial charge on any atom is 0.260 e. The highest BCUT2D eigenvalue weighted by atomic mass is 32.1. The summed E-state index contributed by atoms with van der Waals surface area (Å²) in [6.45, 7) is 1.74. The summed E-state index contributed by atoms with van der Waals surface area (Å²) in [5.74, 6) is 0.108. The maximum atomic E-state index is 14.3. The highest BCUT2D eigenvalue weighted by Gasteiger charge is 2.18. The second-order valence-electron chi connectivity index (χ2n) is 7.48. The Morgan fingerprint density at radius 1 is 1.16 bits per heavy atom. The van der Waals surface area contributed by atoms with Gasteiger partial charge in [0.1, 0.15) is 16.5 Å². The fraction of sp³-hybridized carbons (Fsp3) is 0.250. The minimum absolute atomic E-state index is 0.306. The Balaban J connectivity index is 1.60. The number of H-pyrrole nitrogens is 1. The number of fused-ring (bicyclic) bond motifs is 1. The Hall–Kier alpha value is -2.91. The molecule has 0 bridgehead atoms. The van der Waals surface area contributed by atoms with Crippen molar-refractivity contribution < 1.29 is 14.2 Å². The molecule has 0 spiro atoms. The second kappa shape index (κ2) is 10.1. The molecule has 4 aromatic rings. The van der Waals surface area contributed by atoms with Crippen LogP contribution in [0.4, 0.5) is 4.39 Å². The van der Waals surface area contributed by atoms with Crippen LogP contribution >= 0.6 is 11.3 Å². The number of hydrogen-bond donors (Lipinski definition) is 2. The lowest BCUT2D eigenvalue weighted by atomic mass is 10.1. The van der Waals surface area contributed by atoms with Crippen LogP contribution in [0.2, 0.25) is 0 Å². The molecule has 0 fully saturated rings. The van der Waals surface area contributed by atoms with E-state index in [2.05, 4.69) is 9.97 Å². The lowest BCUT2D eigenvalue weighted by Gasteiger charge is -2.24. The fourth-order valence-corrected chi connectivity index (χ4v) is 4.60. The van der Waals surface area contributed by atoms with Crippen molar-refractivity contribution in [1.29, 1.82) is 0 Å². The summed E-state index contributed by atoms with van der Waals surface area (Å²) in [5.41, 5.74) is 1.44. The summed E-state index contributed by atoms with van der Waals surface area (Å²) in [6, 6.07) is 15.8. The molecule has 2 N–H and O–H groups in total. The van der Waals surface area contributed by atoms with Crippen LogP contribution in [0.1, 0.15) is 17.5 Å². The van der Waals surface area contributed by atoms with Crippen molar-refractivity contribution in [3.63, 3.8) is 0 Å². The Morgan fingerprint density at radius 3 is 2.66 bits per heavy atom. The van der Waals surface area contributed by atoms with Crippen molar-refractivity contribution in [3.05, 3.63) is 87.5 Å². The molecular formula is C24H24FN3O3S. The van der Waals surface area contributed by atoms with Gasteiger partial charge in [0.05, 0.1) is 24.6 Å². The monoisotopic (exact) mass is 453 g/mol. The van der Waals surface area contributed by atoms with E-state index in [1.807, 2.05) is 35.2 Å². The highest BCUT2D eigenvalue weighted by Crippen LogP contribution is 2.32. The third-order valence-corrected chi connectivity index (χ3v) is 6.13. The molecule has 6 nitrogen and oxygen atoms in total. The van der Waals surface area contributed by atoms with Crippen molar-refractivity contribution in [2.75, 3.05) is 26.8 Å². The summed E-state index contributed by atoms with van der Waals surface area (Å²) in [6.07, 6.45) is -0.682. The normalized spacial score (nSPS) is 12.5. The van der Waals surface area contributed by atoms with Crippen LogP contribution in [0, 0.1) is 5.82 Å². The molecule has 0 aliphatic carbocycles. The molecule has 8 heteroatoms. The van der Waals surface area contributed by atoms with Gasteiger partial charge < -0.3 is 14.8 Å². The number of aliphatic hydroxyl groups excluding tert-OH is 1. The molecule has 4 rings (SSSR count). The number of methoxy groups -OCH3 is 1. The van der Waals surface area contributed by atoms with Gasteiger partial charge >= 0.3 is 0 Å².